The quantitative estimate of drug-likeness (QED) is 0.282. The summed E-state index contributed by atoms with van der Waals surface area (Å²) in [6, 6.07) is 18.8. The molecule has 0 aliphatic rings. The van der Waals surface area contributed by atoms with Gasteiger partial charge in [-0.1, -0.05) is 41.9 Å². The van der Waals surface area contributed by atoms with Crippen LogP contribution < -0.4 is 4.74 Å². The first-order valence-corrected chi connectivity index (χ1v) is 11.6. The number of imidazole rings is 1. The molecule has 0 saturated carbocycles. The highest BCUT2D eigenvalue weighted by atomic mass is 35.5. The van der Waals surface area contributed by atoms with Gasteiger partial charge in [0.25, 0.3) is 0 Å². The Morgan fingerprint density at radius 3 is 2.24 bits per heavy atom. The molecule has 0 fully saturated rings. The van der Waals surface area contributed by atoms with Crippen LogP contribution in [-0.4, -0.2) is 26.8 Å². The predicted molar refractivity (Wildman–Crippen MR) is 135 cm³/mol. The Balaban J connectivity index is 1.77. The first-order valence-electron chi connectivity index (χ1n) is 11.2. The Bertz CT molecular complexity index is 1600. The molecule has 2 heterocycles. The van der Waals surface area contributed by atoms with Gasteiger partial charge in [-0.2, -0.15) is 13.2 Å². The Kier molecular flexibility index (Phi) is 6.17. The molecule has 5 rings (SSSR count). The monoisotopic (exact) mass is 523 g/mol. The van der Waals surface area contributed by atoms with Gasteiger partial charge in [0.05, 0.1) is 36.4 Å². The first kappa shape index (κ1) is 24.8. The maximum atomic E-state index is 13.2. The van der Waals surface area contributed by atoms with Crippen molar-refractivity contribution < 1.29 is 23.0 Å². The Labute approximate surface area is 215 Å². The molecule has 1 N–H and O–H groups in total. The summed E-state index contributed by atoms with van der Waals surface area (Å²) in [5, 5.41) is 13.5. The number of rotatable bonds is 5. The highest BCUT2D eigenvalue weighted by molar-refractivity contribution is 6.30. The SMILES string of the molecule is COc1cc(-c2cccc(Cl)c2)c2cc(C(O)(c3ccc(C(F)(F)F)cc3)c3cncn3C)ccc2n1. The largest absolute Gasteiger partial charge is 0.481 e. The predicted octanol–water partition coefficient (Wildman–Crippen LogP) is 6.60. The van der Waals surface area contributed by atoms with E-state index in [1.54, 1.807) is 41.9 Å². The maximum absolute atomic E-state index is 13.2. The third-order valence-electron chi connectivity index (χ3n) is 6.37. The number of benzene rings is 3. The van der Waals surface area contributed by atoms with E-state index in [4.69, 9.17) is 16.3 Å². The lowest BCUT2D eigenvalue weighted by Crippen LogP contribution is -2.31. The van der Waals surface area contributed by atoms with Gasteiger partial charge >= 0.3 is 6.18 Å². The second-order valence-electron chi connectivity index (χ2n) is 8.63. The Hall–Kier alpha value is -3.88. The number of halogens is 4. The van der Waals surface area contributed by atoms with Crippen LogP contribution in [0.5, 0.6) is 5.88 Å². The van der Waals surface area contributed by atoms with Gasteiger partial charge in [0.1, 0.15) is 0 Å². The van der Waals surface area contributed by atoms with E-state index in [2.05, 4.69) is 9.97 Å². The summed E-state index contributed by atoms with van der Waals surface area (Å²) >= 11 is 6.26. The summed E-state index contributed by atoms with van der Waals surface area (Å²) < 4.78 is 46.8. The molecule has 2 aromatic heterocycles. The van der Waals surface area contributed by atoms with Crippen LogP contribution in [0.2, 0.25) is 5.02 Å². The topological polar surface area (TPSA) is 60.2 Å². The summed E-state index contributed by atoms with van der Waals surface area (Å²) in [7, 11) is 3.23. The smallest absolute Gasteiger partial charge is 0.416 e. The van der Waals surface area contributed by atoms with E-state index in [1.165, 1.54) is 31.8 Å². The number of aliphatic hydroxyl groups is 1. The number of fused-ring (bicyclic) bond motifs is 1. The first-order chi connectivity index (χ1) is 17.6. The number of methoxy groups -OCH3 is 1. The molecule has 0 radical (unpaired) electrons. The van der Waals surface area contributed by atoms with E-state index in [-0.39, 0.29) is 5.56 Å². The Morgan fingerprint density at radius 2 is 1.62 bits per heavy atom. The number of hydrogen-bond acceptors (Lipinski definition) is 4. The molecule has 5 aromatic rings. The number of nitrogens with zero attached hydrogens (tertiary/aromatic N) is 3. The molecule has 0 saturated heterocycles. The number of hydrogen-bond donors (Lipinski definition) is 1. The van der Waals surface area contributed by atoms with E-state index >= 15 is 0 Å². The lowest BCUT2D eigenvalue weighted by molar-refractivity contribution is -0.137. The van der Waals surface area contributed by atoms with Crippen molar-refractivity contribution in [3.8, 4) is 17.0 Å². The average molecular weight is 524 g/mol. The van der Waals surface area contributed by atoms with Gasteiger partial charge in [0.2, 0.25) is 5.88 Å². The fourth-order valence-corrected chi connectivity index (χ4v) is 4.68. The molecule has 0 bridgehead atoms. The standard InChI is InChI=1S/C28H21ClF3N3O2/c1-35-16-33-15-25(35)27(36,18-6-8-19(9-7-18)28(30,31)32)20-10-11-24-23(13-20)22(14-26(34-24)37-2)17-4-3-5-21(29)12-17/h3-16,36H,1-2H3. The molecule has 0 aliphatic carbocycles. The van der Waals surface area contributed by atoms with Gasteiger partial charge in [-0.15, -0.1) is 0 Å². The highest BCUT2D eigenvalue weighted by Crippen LogP contribution is 2.41. The minimum absolute atomic E-state index is 0.259. The van der Waals surface area contributed by atoms with E-state index in [0.29, 0.717) is 33.1 Å². The minimum atomic E-state index is -4.50. The van der Waals surface area contributed by atoms with E-state index in [0.717, 1.165) is 23.3 Å². The molecule has 37 heavy (non-hydrogen) atoms. The molecule has 1 unspecified atom stereocenters. The molecule has 1 atom stereocenters. The van der Waals surface area contributed by atoms with Crippen molar-refractivity contribution in [1.29, 1.82) is 0 Å². The second kappa shape index (κ2) is 9.21. The number of aromatic nitrogens is 3. The normalized spacial score (nSPS) is 13.5. The molecule has 188 valence electrons. The summed E-state index contributed by atoms with van der Waals surface area (Å²) in [6.07, 6.45) is -1.48. The van der Waals surface area contributed by atoms with Gasteiger partial charge in [-0.3, -0.25) is 0 Å². The van der Waals surface area contributed by atoms with Crippen LogP contribution >= 0.6 is 11.6 Å². The van der Waals surface area contributed by atoms with Crippen LogP contribution in [0.25, 0.3) is 22.0 Å². The minimum Gasteiger partial charge on any atom is -0.481 e. The van der Waals surface area contributed by atoms with E-state index < -0.39 is 17.3 Å². The second-order valence-corrected chi connectivity index (χ2v) is 9.07. The zero-order valence-electron chi connectivity index (χ0n) is 19.8. The van der Waals surface area contributed by atoms with Gasteiger partial charge in [0, 0.05) is 23.5 Å². The number of aryl methyl sites for hydroxylation is 1. The molecular formula is C28H21ClF3N3O2. The maximum Gasteiger partial charge on any atom is 0.416 e. The number of ether oxygens (including phenoxy) is 1. The fraction of sp³-hybridized carbons (Fsp3) is 0.143. The zero-order valence-corrected chi connectivity index (χ0v) is 20.5. The lowest BCUT2D eigenvalue weighted by Gasteiger charge is -2.30. The van der Waals surface area contributed by atoms with Crippen molar-refractivity contribution in [2.45, 2.75) is 11.8 Å². The molecule has 0 amide bonds. The van der Waals surface area contributed by atoms with E-state index in [1.807, 2.05) is 18.2 Å². The summed E-state index contributed by atoms with van der Waals surface area (Å²) in [4.78, 5) is 8.67. The van der Waals surface area contributed by atoms with Gasteiger partial charge in [0.15, 0.2) is 5.60 Å². The lowest BCUT2D eigenvalue weighted by atomic mass is 9.82. The third-order valence-corrected chi connectivity index (χ3v) is 6.60. The van der Waals surface area contributed by atoms with Crippen LogP contribution in [0.15, 0.2) is 85.3 Å². The summed E-state index contributed by atoms with van der Waals surface area (Å²) in [5.41, 5.74) is 0.652. The van der Waals surface area contributed by atoms with Crippen molar-refractivity contribution in [2.75, 3.05) is 7.11 Å². The van der Waals surface area contributed by atoms with Gasteiger partial charge < -0.3 is 14.4 Å². The van der Waals surface area contributed by atoms with Crippen LogP contribution in [0.1, 0.15) is 22.4 Å². The number of pyridine rings is 1. The molecular weight excluding hydrogens is 503 g/mol. The van der Waals surface area contributed by atoms with Crippen LogP contribution in [0, 0.1) is 0 Å². The van der Waals surface area contributed by atoms with Crippen molar-refractivity contribution in [2.24, 2.45) is 7.05 Å². The zero-order chi connectivity index (χ0) is 26.4. The van der Waals surface area contributed by atoms with Gasteiger partial charge in [-0.05, 0) is 58.7 Å². The van der Waals surface area contributed by atoms with Crippen molar-refractivity contribution in [3.05, 3.63) is 113 Å². The average Bonchev–Trinajstić information content (AvgIpc) is 3.33. The Morgan fingerprint density at radius 1 is 0.919 bits per heavy atom. The van der Waals surface area contributed by atoms with Crippen molar-refractivity contribution >= 4 is 22.5 Å². The van der Waals surface area contributed by atoms with Crippen LogP contribution in [-0.2, 0) is 18.8 Å². The molecule has 0 spiro atoms. The molecule has 5 nitrogen and oxygen atoms in total. The molecule has 3 aromatic carbocycles. The van der Waals surface area contributed by atoms with Crippen LogP contribution in [0.4, 0.5) is 13.2 Å². The van der Waals surface area contributed by atoms with Gasteiger partial charge in [-0.25, -0.2) is 9.97 Å². The molecule has 0 aliphatic heterocycles. The van der Waals surface area contributed by atoms with Crippen molar-refractivity contribution in [3.63, 3.8) is 0 Å². The van der Waals surface area contributed by atoms with Crippen molar-refractivity contribution in [1.82, 2.24) is 14.5 Å². The summed E-state index contributed by atoms with van der Waals surface area (Å²) in [5.74, 6) is 0.403. The fourth-order valence-electron chi connectivity index (χ4n) is 4.49. The van der Waals surface area contributed by atoms with Crippen LogP contribution in [0.3, 0.4) is 0 Å². The third kappa shape index (κ3) is 4.43. The molecule has 9 heteroatoms. The van der Waals surface area contributed by atoms with E-state index in [9.17, 15) is 18.3 Å². The highest BCUT2D eigenvalue weighted by Gasteiger charge is 2.38. The summed E-state index contributed by atoms with van der Waals surface area (Å²) in [6.45, 7) is 0. The number of alkyl halides is 3.